The van der Waals surface area contributed by atoms with Crippen LogP contribution < -0.4 is 0 Å². The smallest absolute Gasteiger partial charge is 0.310 e. The van der Waals surface area contributed by atoms with Crippen LogP contribution in [0.2, 0.25) is 0 Å². The van der Waals surface area contributed by atoms with Crippen LogP contribution in [-0.2, 0) is 9.59 Å². The average molecular weight is 475 g/mol. The van der Waals surface area contributed by atoms with Crippen molar-refractivity contribution >= 4 is 11.9 Å². The lowest BCUT2D eigenvalue weighted by Crippen LogP contribution is -2.14. The van der Waals surface area contributed by atoms with Gasteiger partial charge in [-0.3, -0.25) is 9.59 Å². The molecule has 0 saturated carbocycles. The van der Waals surface area contributed by atoms with Gasteiger partial charge in [0.25, 0.3) is 0 Å². The molecule has 0 amide bonds. The van der Waals surface area contributed by atoms with Crippen molar-refractivity contribution in [2.24, 2.45) is 0 Å². The molecule has 1 aromatic rings. The third-order valence-corrected chi connectivity index (χ3v) is 7.03. The van der Waals surface area contributed by atoms with Gasteiger partial charge in [-0.1, -0.05) is 141 Å². The van der Waals surface area contributed by atoms with Crippen molar-refractivity contribution in [3.63, 3.8) is 0 Å². The maximum atomic E-state index is 11.9. The highest BCUT2D eigenvalue weighted by atomic mass is 16.4. The molecule has 0 aromatic heterocycles. The van der Waals surface area contributed by atoms with Crippen molar-refractivity contribution in [1.82, 2.24) is 0 Å². The predicted molar refractivity (Wildman–Crippen MR) is 142 cm³/mol. The fraction of sp³-hybridized carbons (Fsp3) is 0.733. The number of carbonyl (C=O) groups is 2. The molecule has 4 nitrogen and oxygen atoms in total. The van der Waals surface area contributed by atoms with E-state index in [0.717, 1.165) is 36.8 Å². The topological polar surface area (TPSA) is 74.6 Å². The molecule has 2 atom stereocenters. The molecule has 4 heteroatoms. The summed E-state index contributed by atoms with van der Waals surface area (Å²) in [5.41, 5.74) is 1.57. The zero-order chi connectivity index (χ0) is 25.0. The molecule has 34 heavy (non-hydrogen) atoms. The predicted octanol–water partition coefficient (Wildman–Crippen LogP) is 9.08. The molecule has 1 aromatic carbocycles. The van der Waals surface area contributed by atoms with E-state index in [4.69, 9.17) is 0 Å². The third kappa shape index (κ3) is 13.2. The van der Waals surface area contributed by atoms with E-state index in [1.807, 2.05) is 24.3 Å². The summed E-state index contributed by atoms with van der Waals surface area (Å²) < 4.78 is 0. The average Bonchev–Trinajstić information content (AvgIpc) is 2.82. The first-order valence-electron chi connectivity index (χ1n) is 14.1. The summed E-state index contributed by atoms with van der Waals surface area (Å²) in [6.45, 7) is 4.44. The minimum atomic E-state index is -0.788. The summed E-state index contributed by atoms with van der Waals surface area (Å²) in [5, 5.41) is 19.5. The lowest BCUT2D eigenvalue weighted by Gasteiger charge is -2.16. The Bertz CT molecular complexity index is 595. The van der Waals surface area contributed by atoms with Crippen molar-refractivity contribution in [3.8, 4) is 0 Å². The van der Waals surface area contributed by atoms with E-state index >= 15 is 0 Å². The molecule has 0 spiro atoms. The Morgan fingerprint density at radius 2 is 0.794 bits per heavy atom. The molecule has 0 aliphatic rings. The Kier molecular flexibility index (Phi) is 17.3. The molecule has 1 rings (SSSR count). The Balaban J connectivity index is 2.48. The van der Waals surface area contributed by atoms with Gasteiger partial charge in [0.15, 0.2) is 0 Å². The lowest BCUT2D eigenvalue weighted by molar-refractivity contribution is -0.140. The van der Waals surface area contributed by atoms with Crippen LogP contribution in [0.3, 0.4) is 0 Å². The van der Waals surface area contributed by atoms with Crippen molar-refractivity contribution in [1.29, 1.82) is 0 Å². The molecule has 0 aliphatic carbocycles. The Hall–Kier alpha value is -1.84. The number of hydrogen-bond acceptors (Lipinski definition) is 2. The number of carboxylic acid groups (broad SMARTS) is 2. The molecule has 0 heterocycles. The second-order valence-corrected chi connectivity index (χ2v) is 9.98. The van der Waals surface area contributed by atoms with E-state index < -0.39 is 23.8 Å². The van der Waals surface area contributed by atoms with Crippen LogP contribution in [0.4, 0.5) is 0 Å². The van der Waals surface area contributed by atoms with Gasteiger partial charge in [-0.25, -0.2) is 0 Å². The summed E-state index contributed by atoms with van der Waals surface area (Å²) >= 11 is 0. The quantitative estimate of drug-likeness (QED) is 0.164. The molecule has 0 fully saturated rings. The first-order chi connectivity index (χ1) is 16.5. The Morgan fingerprint density at radius 3 is 1.06 bits per heavy atom. The Labute approximate surface area is 208 Å². The molecular weight excluding hydrogens is 424 g/mol. The van der Waals surface area contributed by atoms with Crippen LogP contribution in [0.5, 0.6) is 0 Å². The minimum absolute atomic E-state index is 0.509. The summed E-state index contributed by atoms with van der Waals surface area (Å²) in [7, 11) is 0. The normalized spacial score (nSPS) is 13.0. The van der Waals surface area contributed by atoms with E-state index in [-0.39, 0.29) is 0 Å². The molecule has 0 saturated heterocycles. The van der Waals surface area contributed by atoms with E-state index in [9.17, 15) is 19.8 Å². The van der Waals surface area contributed by atoms with Gasteiger partial charge in [0.05, 0.1) is 11.8 Å². The van der Waals surface area contributed by atoms with Gasteiger partial charge in [0.2, 0.25) is 0 Å². The van der Waals surface area contributed by atoms with Gasteiger partial charge >= 0.3 is 11.9 Å². The number of unbranched alkanes of at least 4 members (excludes halogenated alkanes) is 14. The number of hydrogen-bond donors (Lipinski definition) is 2. The van der Waals surface area contributed by atoms with Crippen LogP contribution in [0, 0.1) is 0 Å². The van der Waals surface area contributed by atoms with Gasteiger partial charge in [0, 0.05) is 0 Å². The third-order valence-electron chi connectivity index (χ3n) is 7.03. The molecular formula is C30H50O4. The number of aliphatic carboxylic acids is 2. The zero-order valence-electron chi connectivity index (χ0n) is 21.9. The van der Waals surface area contributed by atoms with Gasteiger partial charge in [-0.05, 0) is 24.0 Å². The minimum Gasteiger partial charge on any atom is -0.481 e. The molecule has 0 radical (unpaired) electrons. The monoisotopic (exact) mass is 474 g/mol. The number of benzene rings is 1. The first-order valence-corrected chi connectivity index (χ1v) is 14.1. The summed E-state index contributed by atoms with van der Waals surface area (Å²) in [5.74, 6) is -2.59. The van der Waals surface area contributed by atoms with Crippen LogP contribution in [0.25, 0.3) is 0 Å². The van der Waals surface area contributed by atoms with E-state index in [2.05, 4.69) is 13.8 Å². The van der Waals surface area contributed by atoms with Crippen molar-refractivity contribution in [3.05, 3.63) is 35.4 Å². The fourth-order valence-corrected chi connectivity index (χ4v) is 4.79. The van der Waals surface area contributed by atoms with Crippen LogP contribution in [0.1, 0.15) is 152 Å². The molecule has 194 valence electrons. The maximum absolute atomic E-state index is 11.9. The van der Waals surface area contributed by atoms with Crippen LogP contribution >= 0.6 is 0 Å². The first kappa shape index (κ1) is 30.2. The van der Waals surface area contributed by atoms with Crippen molar-refractivity contribution < 1.29 is 19.8 Å². The van der Waals surface area contributed by atoms with Gasteiger partial charge in [-0.2, -0.15) is 0 Å². The number of carboxylic acids is 2. The molecule has 2 N–H and O–H groups in total. The summed E-state index contributed by atoms with van der Waals surface area (Å²) in [6, 6.07) is 7.34. The van der Waals surface area contributed by atoms with Gasteiger partial charge in [-0.15, -0.1) is 0 Å². The second-order valence-electron chi connectivity index (χ2n) is 9.98. The molecule has 2 unspecified atom stereocenters. The standard InChI is InChI=1S/C30H50O4/c1-3-5-7-9-11-13-15-17-19-27(29(31)32)25-21-23-26(24-22-25)28(30(33)34)20-18-16-14-12-10-8-6-4-2/h21-24,27-28H,3-20H2,1-2H3,(H,31,32)(H,33,34). The largest absolute Gasteiger partial charge is 0.481 e. The zero-order valence-corrected chi connectivity index (χ0v) is 21.9. The molecule has 0 bridgehead atoms. The number of rotatable bonds is 22. The maximum Gasteiger partial charge on any atom is 0.310 e. The summed E-state index contributed by atoms with van der Waals surface area (Å²) in [4.78, 5) is 23.7. The van der Waals surface area contributed by atoms with E-state index in [0.29, 0.717) is 12.8 Å². The van der Waals surface area contributed by atoms with Crippen molar-refractivity contribution in [2.75, 3.05) is 0 Å². The van der Waals surface area contributed by atoms with Crippen LogP contribution in [0.15, 0.2) is 24.3 Å². The fourth-order valence-electron chi connectivity index (χ4n) is 4.79. The summed E-state index contributed by atoms with van der Waals surface area (Å²) in [6.07, 6.45) is 20.4. The van der Waals surface area contributed by atoms with Gasteiger partial charge in [0.1, 0.15) is 0 Å². The van der Waals surface area contributed by atoms with E-state index in [1.54, 1.807) is 0 Å². The van der Waals surface area contributed by atoms with Gasteiger partial charge < -0.3 is 10.2 Å². The van der Waals surface area contributed by atoms with E-state index in [1.165, 1.54) is 77.0 Å². The van der Waals surface area contributed by atoms with Crippen LogP contribution in [-0.4, -0.2) is 22.2 Å². The SMILES string of the molecule is CCCCCCCCCCC(C(=O)O)c1ccc(C(CCCCCCCCCC)C(=O)O)cc1. The molecule has 0 aliphatic heterocycles. The highest BCUT2D eigenvalue weighted by Gasteiger charge is 2.22. The lowest BCUT2D eigenvalue weighted by atomic mass is 9.88. The highest BCUT2D eigenvalue weighted by molar-refractivity contribution is 5.77. The highest BCUT2D eigenvalue weighted by Crippen LogP contribution is 2.28. The Morgan fingerprint density at radius 1 is 0.529 bits per heavy atom. The second kappa shape index (κ2) is 19.5. The van der Waals surface area contributed by atoms with Crippen molar-refractivity contribution in [2.45, 2.75) is 141 Å².